The fourth-order valence-electron chi connectivity index (χ4n) is 2.85. The Bertz CT molecular complexity index is 793. The topological polar surface area (TPSA) is 58.6 Å². The van der Waals surface area contributed by atoms with Gasteiger partial charge in [0, 0.05) is 24.1 Å². The molecule has 1 saturated heterocycles. The second-order valence-corrected chi connectivity index (χ2v) is 8.46. The van der Waals surface area contributed by atoms with Crippen molar-refractivity contribution in [3.05, 3.63) is 64.6 Å². The molecule has 1 fully saturated rings. The SMILES string of the molecule is O=S(=O)(N[C@@H](CN1CCOCC1)c1ccccc1)c1ccccc1Br. The lowest BCUT2D eigenvalue weighted by Crippen LogP contribution is -2.43. The normalized spacial score (nSPS) is 17.3. The van der Waals surface area contributed by atoms with E-state index >= 15 is 0 Å². The molecule has 7 heteroatoms. The number of rotatable bonds is 6. The van der Waals surface area contributed by atoms with Crippen LogP contribution in [0.4, 0.5) is 0 Å². The van der Waals surface area contributed by atoms with Gasteiger partial charge < -0.3 is 4.74 Å². The molecule has 1 atom stereocenters. The highest BCUT2D eigenvalue weighted by Crippen LogP contribution is 2.24. The Kier molecular flexibility index (Phi) is 6.24. The van der Waals surface area contributed by atoms with Crippen LogP contribution >= 0.6 is 15.9 Å². The Morgan fingerprint density at radius 2 is 1.68 bits per heavy atom. The molecule has 0 aliphatic carbocycles. The summed E-state index contributed by atoms with van der Waals surface area (Å²) in [5.74, 6) is 0. The minimum Gasteiger partial charge on any atom is -0.379 e. The monoisotopic (exact) mass is 424 g/mol. The van der Waals surface area contributed by atoms with Gasteiger partial charge in [-0.1, -0.05) is 42.5 Å². The molecule has 0 bridgehead atoms. The van der Waals surface area contributed by atoms with Crippen LogP contribution in [-0.4, -0.2) is 46.2 Å². The van der Waals surface area contributed by atoms with Crippen LogP contribution in [0.1, 0.15) is 11.6 Å². The average Bonchev–Trinajstić information content (AvgIpc) is 2.63. The zero-order chi connectivity index (χ0) is 17.7. The van der Waals surface area contributed by atoms with Crippen molar-refractivity contribution >= 4 is 26.0 Å². The molecular weight excluding hydrogens is 404 g/mol. The molecule has 0 radical (unpaired) electrons. The molecule has 0 spiro atoms. The van der Waals surface area contributed by atoms with Crippen molar-refractivity contribution in [2.45, 2.75) is 10.9 Å². The van der Waals surface area contributed by atoms with Crippen LogP contribution in [0.25, 0.3) is 0 Å². The van der Waals surface area contributed by atoms with E-state index in [1.54, 1.807) is 24.3 Å². The zero-order valence-electron chi connectivity index (χ0n) is 13.8. The standard InChI is InChI=1S/C18H21BrN2O3S/c19-16-8-4-5-9-18(16)25(22,23)20-17(15-6-2-1-3-7-15)14-21-10-12-24-13-11-21/h1-9,17,20H,10-14H2/t17-/m0/s1. The first kappa shape index (κ1) is 18.5. The molecule has 2 aromatic carbocycles. The first-order valence-corrected chi connectivity index (χ1v) is 10.5. The van der Waals surface area contributed by atoms with Gasteiger partial charge in [0.05, 0.1) is 24.2 Å². The highest BCUT2D eigenvalue weighted by Gasteiger charge is 2.25. The number of nitrogens with zero attached hydrogens (tertiary/aromatic N) is 1. The van der Waals surface area contributed by atoms with Crippen molar-refractivity contribution in [3.63, 3.8) is 0 Å². The number of halogens is 1. The second-order valence-electron chi connectivity index (χ2n) is 5.93. The zero-order valence-corrected chi connectivity index (χ0v) is 16.2. The summed E-state index contributed by atoms with van der Waals surface area (Å²) in [5, 5.41) is 0. The third-order valence-electron chi connectivity index (χ3n) is 4.17. The molecule has 25 heavy (non-hydrogen) atoms. The predicted octanol–water partition coefficient (Wildman–Crippen LogP) is 2.80. The van der Waals surface area contributed by atoms with E-state index in [2.05, 4.69) is 25.6 Å². The molecule has 5 nitrogen and oxygen atoms in total. The Balaban J connectivity index is 1.85. The molecule has 0 amide bonds. The van der Waals surface area contributed by atoms with E-state index in [9.17, 15) is 8.42 Å². The summed E-state index contributed by atoms with van der Waals surface area (Å²) in [7, 11) is -3.64. The van der Waals surface area contributed by atoms with Crippen molar-refractivity contribution in [3.8, 4) is 0 Å². The molecule has 1 heterocycles. The van der Waals surface area contributed by atoms with Crippen LogP contribution < -0.4 is 4.72 Å². The maximum atomic E-state index is 12.9. The minimum atomic E-state index is -3.64. The summed E-state index contributed by atoms with van der Waals surface area (Å²) in [6.07, 6.45) is 0. The molecule has 2 aromatic rings. The van der Waals surface area contributed by atoms with Crippen LogP contribution in [0.3, 0.4) is 0 Å². The third-order valence-corrected chi connectivity index (χ3v) is 6.65. The van der Waals surface area contributed by atoms with Gasteiger partial charge in [-0.3, -0.25) is 4.90 Å². The Labute approximate surface area is 157 Å². The highest BCUT2D eigenvalue weighted by molar-refractivity contribution is 9.10. The number of hydrogen-bond donors (Lipinski definition) is 1. The van der Waals surface area contributed by atoms with Gasteiger partial charge in [-0.15, -0.1) is 0 Å². The summed E-state index contributed by atoms with van der Waals surface area (Å²) < 4.78 is 34.6. The quantitative estimate of drug-likeness (QED) is 0.774. The number of sulfonamides is 1. The average molecular weight is 425 g/mol. The number of hydrogen-bond acceptors (Lipinski definition) is 4. The van der Waals surface area contributed by atoms with Gasteiger partial charge in [0.15, 0.2) is 0 Å². The van der Waals surface area contributed by atoms with Crippen molar-refractivity contribution in [2.24, 2.45) is 0 Å². The third kappa shape index (κ3) is 4.89. The second kappa shape index (κ2) is 8.42. The number of ether oxygens (including phenoxy) is 1. The molecule has 1 N–H and O–H groups in total. The summed E-state index contributed by atoms with van der Waals surface area (Å²) >= 11 is 3.33. The van der Waals surface area contributed by atoms with Crippen LogP contribution in [0.2, 0.25) is 0 Å². The van der Waals surface area contributed by atoms with Crippen LogP contribution in [0.5, 0.6) is 0 Å². The molecule has 3 rings (SSSR count). The molecule has 1 aliphatic heterocycles. The largest absolute Gasteiger partial charge is 0.379 e. The number of benzene rings is 2. The van der Waals surface area contributed by atoms with E-state index in [4.69, 9.17) is 4.74 Å². The molecule has 134 valence electrons. The Hall–Kier alpha value is -1.25. The van der Waals surface area contributed by atoms with E-state index in [0.717, 1.165) is 18.7 Å². The maximum Gasteiger partial charge on any atom is 0.242 e. The van der Waals surface area contributed by atoms with Crippen LogP contribution in [0, 0.1) is 0 Å². The molecule has 0 saturated carbocycles. The summed E-state index contributed by atoms with van der Waals surface area (Å²) in [5.41, 5.74) is 0.949. The molecule has 0 unspecified atom stereocenters. The van der Waals surface area contributed by atoms with E-state index in [-0.39, 0.29) is 10.9 Å². The van der Waals surface area contributed by atoms with E-state index in [1.807, 2.05) is 30.3 Å². The lowest BCUT2D eigenvalue weighted by Gasteiger charge is -2.31. The smallest absolute Gasteiger partial charge is 0.242 e. The fourth-order valence-corrected chi connectivity index (χ4v) is 5.07. The van der Waals surface area contributed by atoms with E-state index < -0.39 is 10.0 Å². The first-order valence-electron chi connectivity index (χ1n) is 8.18. The number of morpholine rings is 1. The van der Waals surface area contributed by atoms with Gasteiger partial charge >= 0.3 is 0 Å². The van der Waals surface area contributed by atoms with Gasteiger partial charge in [-0.2, -0.15) is 0 Å². The Morgan fingerprint density at radius 1 is 1.04 bits per heavy atom. The fraction of sp³-hybridized carbons (Fsp3) is 0.333. The Morgan fingerprint density at radius 3 is 2.36 bits per heavy atom. The first-order chi connectivity index (χ1) is 12.1. The van der Waals surface area contributed by atoms with Crippen molar-refractivity contribution < 1.29 is 13.2 Å². The van der Waals surface area contributed by atoms with Crippen LogP contribution in [0.15, 0.2) is 64.0 Å². The predicted molar refractivity (Wildman–Crippen MR) is 101 cm³/mol. The summed E-state index contributed by atoms with van der Waals surface area (Å²) in [4.78, 5) is 2.47. The van der Waals surface area contributed by atoms with Crippen molar-refractivity contribution in [1.82, 2.24) is 9.62 Å². The van der Waals surface area contributed by atoms with Gasteiger partial charge in [-0.25, -0.2) is 13.1 Å². The number of nitrogens with one attached hydrogen (secondary N) is 1. The van der Waals surface area contributed by atoms with E-state index in [0.29, 0.717) is 24.2 Å². The minimum absolute atomic E-state index is 0.248. The molecular formula is C18H21BrN2O3S. The summed E-state index contributed by atoms with van der Waals surface area (Å²) in [6, 6.07) is 16.2. The molecule has 0 aromatic heterocycles. The summed E-state index contributed by atoms with van der Waals surface area (Å²) in [6.45, 7) is 3.58. The van der Waals surface area contributed by atoms with Gasteiger partial charge in [0.1, 0.15) is 0 Å². The lowest BCUT2D eigenvalue weighted by atomic mass is 10.1. The van der Waals surface area contributed by atoms with E-state index in [1.165, 1.54) is 0 Å². The molecule has 1 aliphatic rings. The highest BCUT2D eigenvalue weighted by atomic mass is 79.9. The maximum absolute atomic E-state index is 12.9. The van der Waals surface area contributed by atoms with Crippen molar-refractivity contribution in [1.29, 1.82) is 0 Å². The van der Waals surface area contributed by atoms with Gasteiger partial charge in [-0.05, 0) is 33.6 Å². The van der Waals surface area contributed by atoms with Crippen LogP contribution in [-0.2, 0) is 14.8 Å². The van der Waals surface area contributed by atoms with Gasteiger partial charge in [0.25, 0.3) is 0 Å². The van der Waals surface area contributed by atoms with Crippen molar-refractivity contribution in [2.75, 3.05) is 32.8 Å². The lowest BCUT2D eigenvalue weighted by molar-refractivity contribution is 0.0345. The van der Waals surface area contributed by atoms with Gasteiger partial charge in [0.2, 0.25) is 10.0 Å².